The average Bonchev–Trinajstić information content (AvgIpc) is 3.05. The molecule has 2 atom stereocenters. The third kappa shape index (κ3) is 6.18. The van der Waals surface area contributed by atoms with Crippen molar-refractivity contribution in [1.82, 2.24) is 9.88 Å². The number of nitrogens with zero attached hydrogens (tertiary/aromatic N) is 2. The minimum atomic E-state index is -4.05. The summed E-state index contributed by atoms with van der Waals surface area (Å²) in [7, 11) is -4.05. The van der Waals surface area contributed by atoms with Crippen molar-refractivity contribution < 1.29 is 22.7 Å². The van der Waals surface area contributed by atoms with E-state index in [1.165, 1.54) is 30.5 Å². The molecule has 45 heavy (non-hydrogen) atoms. The normalized spacial score (nSPS) is 20.5. The highest BCUT2D eigenvalue weighted by Crippen LogP contribution is 2.40. The summed E-state index contributed by atoms with van der Waals surface area (Å²) in [5, 5.41) is 3.02. The van der Waals surface area contributed by atoms with Gasteiger partial charge in [-0.15, -0.1) is 0 Å². The average molecular weight is 631 g/mol. The molecule has 236 valence electrons. The maximum absolute atomic E-state index is 13.8. The standard InChI is InChI=1S/C34H38N4O6S/c39-33-8-4-7-29-26-17-24(21-38(29)33)20-37(22-26)30-11-9-25(34(40)35-14-13-23-5-2-1-3-6-23)18-28(30)36-45(41,42)27-10-12-31-32(19-27)44-16-15-43-31/h4-5,7-12,18-19,24,26,36H,1-3,6,13-17,20-22H2,(H,35,40). The van der Waals surface area contributed by atoms with Gasteiger partial charge in [0.25, 0.3) is 21.5 Å². The smallest absolute Gasteiger partial charge is 0.262 e. The van der Waals surface area contributed by atoms with Gasteiger partial charge in [0.05, 0.1) is 16.3 Å². The Kier molecular flexibility index (Phi) is 8.03. The Morgan fingerprint density at radius 2 is 1.82 bits per heavy atom. The summed E-state index contributed by atoms with van der Waals surface area (Å²) in [6.45, 7) is 3.19. The number of carbonyl (C=O) groups excluding carboxylic acids is 1. The van der Waals surface area contributed by atoms with Crippen LogP contribution >= 0.6 is 0 Å². The van der Waals surface area contributed by atoms with Crippen molar-refractivity contribution in [3.05, 3.63) is 87.9 Å². The van der Waals surface area contributed by atoms with Crippen molar-refractivity contribution >= 4 is 27.3 Å². The molecule has 4 aliphatic rings. The van der Waals surface area contributed by atoms with Crippen LogP contribution in [-0.2, 0) is 16.6 Å². The largest absolute Gasteiger partial charge is 0.486 e. The minimum Gasteiger partial charge on any atom is -0.486 e. The Balaban J connectivity index is 1.18. The van der Waals surface area contributed by atoms with Crippen LogP contribution in [0.15, 0.2) is 75.9 Å². The van der Waals surface area contributed by atoms with Crippen molar-refractivity contribution in [2.24, 2.45) is 5.92 Å². The third-order valence-electron chi connectivity index (χ3n) is 9.26. The first-order chi connectivity index (χ1) is 21.8. The molecule has 2 bridgehead atoms. The number of carbonyl (C=O) groups is 1. The molecule has 3 aliphatic heterocycles. The van der Waals surface area contributed by atoms with Gasteiger partial charge in [0, 0.05) is 55.5 Å². The van der Waals surface area contributed by atoms with Gasteiger partial charge >= 0.3 is 0 Å². The predicted molar refractivity (Wildman–Crippen MR) is 172 cm³/mol. The summed E-state index contributed by atoms with van der Waals surface area (Å²) in [5.41, 5.74) is 3.80. The number of allylic oxidation sites excluding steroid dienone is 1. The molecule has 11 heteroatoms. The van der Waals surface area contributed by atoms with E-state index in [9.17, 15) is 18.0 Å². The van der Waals surface area contributed by atoms with E-state index in [-0.39, 0.29) is 28.2 Å². The highest BCUT2D eigenvalue weighted by atomic mass is 32.2. The van der Waals surface area contributed by atoms with E-state index in [0.29, 0.717) is 67.8 Å². The number of rotatable bonds is 8. The summed E-state index contributed by atoms with van der Waals surface area (Å²) >= 11 is 0. The van der Waals surface area contributed by atoms with Crippen molar-refractivity contribution in [1.29, 1.82) is 0 Å². The SMILES string of the molecule is O=C(NCCC1=CCCCC1)c1ccc(N2CC3CC(C2)c2cccc(=O)n2C3)c(NS(=O)(=O)c2ccc3c(c2)OCCO3)c1. The van der Waals surface area contributed by atoms with Crippen LogP contribution < -0.4 is 30.0 Å². The summed E-state index contributed by atoms with van der Waals surface area (Å²) < 4.78 is 43.4. The van der Waals surface area contributed by atoms with Crippen LogP contribution in [0.3, 0.4) is 0 Å². The number of amides is 1. The van der Waals surface area contributed by atoms with Gasteiger partial charge in [-0.25, -0.2) is 8.42 Å². The molecule has 1 fully saturated rings. The molecule has 1 amide bonds. The molecule has 0 saturated carbocycles. The first-order valence-corrected chi connectivity index (χ1v) is 17.3. The molecule has 10 nitrogen and oxygen atoms in total. The highest BCUT2D eigenvalue weighted by molar-refractivity contribution is 7.92. The zero-order valence-electron chi connectivity index (χ0n) is 25.2. The van der Waals surface area contributed by atoms with Gasteiger partial charge in [-0.05, 0) is 80.8 Å². The maximum atomic E-state index is 13.8. The molecule has 1 aliphatic carbocycles. The number of nitrogens with one attached hydrogen (secondary N) is 2. The van der Waals surface area contributed by atoms with Gasteiger partial charge in [0.15, 0.2) is 11.5 Å². The quantitative estimate of drug-likeness (QED) is 0.348. The van der Waals surface area contributed by atoms with Crippen LogP contribution in [0.2, 0.25) is 0 Å². The number of ether oxygens (including phenoxy) is 2. The lowest BCUT2D eigenvalue weighted by Gasteiger charge is -2.44. The van der Waals surface area contributed by atoms with Crippen molar-refractivity contribution in [3.63, 3.8) is 0 Å². The molecule has 4 heterocycles. The van der Waals surface area contributed by atoms with Crippen molar-refractivity contribution in [2.75, 3.05) is 42.5 Å². The lowest BCUT2D eigenvalue weighted by Crippen LogP contribution is -2.47. The Morgan fingerprint density at radius 1 is 0.956 bits per heavy atom. The summed E-state index contributed by atoms with van der Waals surface area (Å²) in [6, 6.07) is 15.2. The van der Waals surface area contributed by atoms with E-state index in [4.69, 9.17) is 9.47 Å². The molecule has 1 saturated heterocycles. The topological polar surface area (TPSA) is 119 Å². The Hall–Kier alpha value is -4.25. The lowest BCUT2D eigenvalue weighted by atomic mass is 9.83. The predicted octanol–water partition coefficient (Wildman–Crippen LogP) is 4.66. The number of sulfonamides is 1. The van der Waals surface area contributed by atoms with Crippen LogP contribution in [0.5, 0.6) is 11.5 Å². The van der Waals surface area contributed by atoms with Crippen molar-refractivity contribution in [2.45, 2.75) is 55.9 Å². The third-order valence-corrected chi connectivity index (χ3v) is 10.6. The second kappa shape index (κ2) is 12.3. The highest BCUT2D eigenvalue weighted by Gasteiger charge is 2.35. The van der Waals surface area contributed by atoms with E-state index in [2.05, 4.69) is 21.0 Å². The first kappa shape index (κ1) is 29.5. The number of anilines is 2. The number of aromatic nitrogens is 1. The van der Waals surface area contributed by atoms with E-state index < -0.39 is 10.0 Å². The molecule has 2 N–H and O–H groups in total. The molecule has 2 aromatic carbocycles. The van der Waals surface area contributed by atoms with Gasteiger partial charge < -0.3 is 24.3 Å². The Morgan fingerprint density at radius 3 is 2.67 bits per heavy atom. The fourth-order valence-corrected chi connectivity index (χ4v) is 8.17. The van der Waals surface area contributed by atoms with Gasteiger partial charge in [0.1, 0.15) is 13.2 Å². The van der Waals surface area contributed by atoms with Gasteiger partial charge in [-0.2, -0.15) is 0 Å². The van der Waals surface area contributed by atoms with Gasteiger partial charge in [0.2, 0.25) is 0 Å². The van der Waals surface area contributed by atoms with Crippen LogP contribution in [0, 0.1) is 5.92 Å². The van der Waals surface area contributed by atoms with E-state index in [0.717, 1.165) is 31.4 Å². The molecule has 0 spiro atoms. The van der Waals surface area contributed by atoms with Gasteiger partial charge in [-0.3, -0.25) is 14.3 Å². The molecular formula is C34H38N4O6S. The Labute approximate surface area is 263 Å². The molecule has 3 aromatic rings. The van der Waals surface area contributed by atoms with Crippen LogP contribution in [0.4, 0.5) is 11.4 Å². The number of hydrogen-bond donors (Lipinski definition) is 2. The molecule has 7 rings (SSSR count). The lowest BCUT2D eigenvalue weighted by molar-refractivity contribution is 0.0954. The summed E-state index contributed by atoms with van der Waals surface area (Å²) in [4.78, 5) is 28.0. The molecule has 0 radical (unpaired) electrons. The zero-order chi connectivity index (χ0) is 31.0. The Bertz CT molecular complexity index is 1820. The van der Waals surface area contributed by atoms with Gasteiger partial charge in [-0.1, -0.05) is 17.7 Å². The van der Waals surface area contributed by atoms with Crippen LogP contribution in [-0.4, -0.2) is 51.7 Å². The van der Waals surface area contributed by atoms with Crippen molar-refractivity contribution in [3.8, 4) is 11.5 Å². The van der Waals surface area contributed by atoms with Crippen LogP contribution in [0.1, 0.15) is 60.5 Å². The number of piperidine rings is 1. The number of hydrogen-bond acceptors (Lipinski definition) is 7. The zero-order valence-corrected chi connectivity index (χ0v) is 26.0. The molecule has 2 unspecified atom stereocenters. The fraction of sp³-hybridized carbons (Fsp3) is 0.412. The van der Waals surface area contributed by atoms with Crippen LogP contribution in [0.25, 0.3) is 0 Å². The second-order valence-electron chi connectivity index (χ2n) is 12.4. The number of pyridine rings is 1. The second-order valence-corrected chi connectivity index (χ2v) is 14.0. The molecular weight excluding hydrogens is 592 g/mol. The monoisotopic (exact) mass is 630 g/mol. The van der Waals surface area contributed by atoms with E-state index >= 15 is 0 Å². The first-order valence-electron chi connectivity index (χ1n) is 15.8. The van der Waals surface area contributed by atoms with E-state index in [1.807, 2.05) is 16.7 Å². The minimum absolute atomic E-state index is 0.0127. The molecule has 1 aromatic heterocycles. The number of fused-ring (bicyclic) bond motifs is 5. The van der Waals surface area contributed by atoms with E-state index in [1.54, 1.807) is 30.3 Å². The fourth-order valence-electron chi connectivity index (χ4n) is 7.09. The maximum Gasteiger partial charge on any atom is 0.262 e. The summed E-state index contributed by atoms with van der Waals surface area (Å²) in [5.74, 6) is 0.994. The summed E-state index contributed by atoms with van der Waals surface area (Å²) in [6.07, 6.45) is 8.64. The number of benzene rings is 2.